The van der Waals surface area contributed by atoms with Gasteiger partial charge in [0.15, 0.2) is 11.6 Å². The molecule has 0 saturated heterocycles. The van der Waals surface area contributed by atoms with E-state index < -0.39 is 0 Å². The molecule has 0 spiro atoms. The molecule has 0 aliphatic rings. The van der Waals surface area contributed by atoms with E-state index in [1.807, 2.05) is 26.0 Å². The summed E-state index contributed by atoms with van der Waals surface area (Å²) in [6.45, 7) is 4.58. The molecule has 0 bridgehead atoms. The van der Waals surface area contributed by atoms with Gasteiger partial charge in [-0.2, -0.15) is 4.98 Å². The van der Waals surface area contributed by atoms with Crippen molar-refractivity contribution in [1.82, 2.24) is 14.9 Å². The summed E-state index contributed by atoms with van der Waals surface area (Å²) in [5, 5.41) is 3.07. The van der Waals surface area contributed by atoms with Crippen LogP contribution in [0.5, 0.6) is 0 Å². The second kappa shape index (κ2) is 7.89. The molecule has 0 aromatic carbocycles. The van der Waals surface area contributed by atoms with Crippen LogP contribution < -0.4 is 10.2 Å². The highest BCUT2D eigenvalue weighted by atomic mass is 19.1. The third-order valence-corrected chi connectivity index (χ3v) is 2.72. The molecule has 108 valence electrons. The van der Waals surface area contributed by atoms with E-state index in [-0.39, 0.29) is 5.82 Å². The molecule has 0 aliphatic heterocycles. The van der Waals surface area contributed by atoms with E-state index in [0.717, 1.165) is 32.5 Å². The van der Waals surface area contributed by atoms with Crippen LogP contribution in [-0.4, -0.2) is 55.6 Å². The molecule has 1 aromatic heterocycles. The van der Waals surface area contributed by atoms with Gasteiger partial charge in [-0.25, -0.2) is 9.37 Å². The molecular formula is C13H24FN5. The molecule has 0 unspecified atom stereocenters. The van der Waals surface area contributed by atoms with Gasteiger partial charge < -0.3 is 15.1 Å². The summed E-state index contributed by atoms with van der Waals surface area (Å²) in [5.41, 5.74) is 0. The molecule has 5 nitrogen and oxygen atoms in total. The first-order valence-corrected chi connectivity index (χ1v) is 6.67. The Morgan fingerprint density at radius 2 is 2.00 bits per heavy atom. The van der Waals surface area contributed by atoms with E-state index in [2.05, 4.69) is 27.1 Å². The van der Waals surface area contributed by atoms with E-state index in [4.69, 9.17) is 0 Å². The molecule has 0 fully saturated rings. The molecule has 0 radical (unpaired) electrons. The van der Waals surface area contributed by atoms with Crippen LogP contribution in [0, 0.1) is 5.82 Å². The lowest BCUT2D eigenvalue weighted by atomic mass is 10.3. The minimum atomic E-state index is -0.380. The monoisotopic (exact) mass is 269 g/mol. The number of rotatable bonds is 8. The maximum atomic E-state index is 13.7. The molecule has 19 heavy (non-hydrogen) atoms. The van der Waals surface area contributed by atoms with E-state index >= 15 is 0 Å². The predicted molar refractivity (Wildman–Crippen MR) is 77.2 cm³/mol. The predicted octanol–water partition coefficient (Wildman–Crippen LogP) is 1.83. The smallest absolute Gasteiger partial charge is 0.224 e. The Kier molecular flexibility index (Phi) is 6.49. The van der Waals surface area contributed by atoms with Gasteiger partial charge in [-0.15, -0.1) is 0 Å². The average Bonchev–Trinajstić information content (AvgIpc) is 2.37. The van der Waals surface area contributed by atoms with Crippen LogP contribution in [0.1, 0.15) is 19.8 Å². The van der Waals surface area contributed by atoms with Gasteiger partial charge in [-0.05, 0) is 33.5 Å². The van der Waals surface area contributed by atoms with Gasteiger partial charge in [0.2, 0.25) is 5.95 Å². The van der Waals surface area contributed by atoms with Gasteiger partial charge in [0.1, 0.15) is 0 Å². The highest BCUT2D eigenvalue weighted by molar-refractivity contribution is 5.43. The number of hydrogen-bond acceptors (Lipinski definition) is 5. The molecule has 0 saturated carbocycles. The van der Waals surface area contributed by atoms with Gasteiger partial charge in [-0.1, -0.05) is 6.92 Å². The lowest BCUT2D eigenvalue weighted by molar-refractivity contribution is 0.401. The Morgan fingerprint density at radius 3 is 2.63 bits per heavy atom. The van der Waals surface area contributed by atoms with Crippen molar-refractivity contribution < 1.29 is 4.39 Å². The zero-order valence-electron chi connectivity index (χ0n) is 12.3. The van der Waals surface area contributed by atoms with Crippen molar-refractivity contribution in [2.75, 3.05) is 51.0 Å². The van der Waals surface area contributed by atoms with Gasteiger partial charge in [-0.3, -0.25) is 0 Å². The maximum absolute atomic E-state index is 13.7. The van der Waals surface area contributed by atoms with Crippen LogP contribution >= 0.6 is 0 Å². The van der Waals surface area contributed by atoms with Crippen LogP contribution in [0.2, 0.25) is 0 Å². The molecule has 1 N–H and O–H groups in total. The number of hydrogen-bond donors (Lipinski definition) is 1. The van der Waals surface area contributed by atoms with Crippen molar-refractivity contribution in [3.8, 4) is 0 Å². The van der Waals surface area contributed by atoms with E-state index in [0.29, 0.717) is 11.8 Å². The summed E-state index contributed by atoms with van der Waals surface area (Å²) in [4.78, 5) is 12.1. The van der Waals surface area contributed by atoms with Gasteiger partial charge in [0.05, 0.1) is 6.20 Å². The van der Waals surface area contributed by atoms with Crippen molar-refractivity contribution in [3.05, 3.63) is 12.0 Å². The third kappa shape index (κ3) is 5.38. The van der Waals surface area contributed by atoms with Crippen LogP contribution in [0.15, 0.2) is 6.20 Å². The number of nitrogens with zero attached hydrogens (tertiary/aromatic N) is 4. The van der Waals surface area contributed by atoms with Gasteiger partial charge >= 0.3 is 0 Å². The fraction of sp³-hybridized carbons (Fsp3) is 0.692. The van der Waals surface area contributed by atoms with Crippen LogP contribution in [0.4, 0.5) is 16.2 Å². The van der Waals surface area contributed by atoms with Crippen molar-refractivity contribution in [1.29, 1.82) is 0 Å². The minimum Gasteiger partial charge on any atom is -0.357 e. The Hall–Kier alpha value is -1.43. The fourth-order valence-corrected chi connectivity index (χ4v) is 1.68. The number of nitrogens with one attached hydrogen (secondary N) is 1. The Morgan fingerprint density at radius 1 is 1.26 bits per heavy atom. The minimum absolute atomic E-state index is 0.354. The number of halogens is 1. The maximum Gasteiger partial charge on any atom is 0.224 e. The lowest BCUT2D eigenvalue weighted by Gasteiger charge is -2.20. The van der Waals surface area contributed by atoms with Crippen LogP contribution in [-0.2, 0) is 0 Å². The van der Waals surface area contributed by atoms with Crippen molar-refractivity contribution in [2.45, 2.75) is 19.8 Å². The SMILES string of the molecule is CCCNc1ncc(F)c(N(C)CCCN(C)C)n1. The summed E-state index contributed by atoms with van der Waals surface area (Å²) in [7, 11) is 5.90. The normalized spacial score (nSPS) is 10.8. The molecule has 1 heterocycles. The second-order valence-corrected chi connectivity index (χ2v) is 4.87. The van der Waals surface area contributed by atoms with Crippen LogP contribution in [0.3, 0.4) is 0 Å². The molecule has 6 heteroatoms. The van der Waals surface area contributed by atoms with E-state index in [9.17, 15) is 4.39 Å². The average molecular weight is 269 g/mol. The van der Waals surface area contributed by atoms with Crippen molar-refractivity contribution >= 4 is 11.8 Å². The lowest BCUT2D eigenvalue weighted by Crippen LogP contribution is -2.25. The molecule has 0 aliphatic carbocycles. The van der Waals surface area contributed by atoms with E-state index in [1.165, 1.54) is 6.20 Å². The van der Waals surface area contributed by atoms with E-state index in [1.54, 1.807) is 0 Å². The second-order valence-electron chi connectivity index (χ2n) is 4.87. The Labute approximate surface area is 114 Å². The summed E-state index contributed by atoms with van der Waals surface area (Å²) in [6, 6.07) is 0. The topological polar surface area (TPSA) is 44.3 Å². The van der Waals surface area contributed by atoms with Crippen molar-refractivity contribution in [2.24, 2.45) is 0 Å². The molecule has 1 rings (SSSR count). The summed E-state index contributed by atoms with van der Waals surface area (Å²) in [6.07, 6.45) is 3.17. The zero-order valence-corrected chi connectivity index (χ0v) is 12.3. The largest absolute Gasteiger partial charge is 0.357 e. The first-order chi connectivity index (χ1) is 9.04. The fourth-order valence-electron chi connectivity index (χ4n) is 1.68. The number of aromatic nitrogens is 2. The Balaban J connectivity index is 2.63. The molecule has 1 aromatic rings. The van der Waals surface area contributed by atoms with Gasteiger partial charge in [0, 0.05) is 20.1 Å². The zero-order chi connectivity index (χ0) is 14.3. The summed E-state index contributed by atoms with van der Waals surface area (Å²) >= 11 is 0. The highest BCUT2D eigenvalue weighted by Crippen LogP contribution is 2.16. The third-order valence-electron chi connectivity index (χ3n) is 2.72. The quantitative estimate of drug-likeness (QED) is 0.780. The first kappa shape index (κ1) is 15.6. The molecular weight excluding hydrogens is 245 g/mol. The van der Waals surface area contributed by atoms with Crippen molar-refractivity contribution in [3.63, 3.8) is 0 Å². The van der Waals surface area contributed by atoms with Crippen LogP contribution in [0.25, 0.3) is 0 Å². The molecule has 0 atom stereocenters. The Bertz CT molecular complexity index is 383. The standard InChI is InChI=1S/C13H24FN5/c1-5-7-15-13-16-10-11(14)12(17-13)19(4)9-6-8-18(2)3/h10H,5-9H2,1-4H3,(H,15,16,17). The molecule has 0 amide bonds. The highest BCUT2D eigenvalue weighted by Gasteiger charge is 2.11. The first-order valence-electron chi connectivity index (χ1n) is 6.67. The summed E-state index contributed by atoms with van der Waals surface area (Å²) < 4.78 is 13.7. The summed E-state index contributed by atoms with van der Waals surface area (Å²) in [5.74, 6) is 0.458. The number of anilines is 2. The van der Waals surface area contributed by atoms with Gasteiger partial charge in [0.25, 0.3) is 0 Å².